The number of nitrogens with zero attached hydrogens (tertiary/aromatic N) is 2. The number of rotatable bonds is 6. The average Bonchev–Trinajstić information content (AvgIpc) is 2.43. The first-order valence-corrected chi connectivity index (χ1v) is 7.12. The van der Waals surface area contributed by atoms with Gasteiger partial charge in [-0.3, -0.25) is 0 Å². The SMILES string of the molecule is CCCOc1cc(C)nc(OCC2CCCCN2)n1. The van der Waals surface area contributed by atoms with Crippen molar-refractivity contribution in [2.75, 3.05) is 19.8 Å². The van der Waals surface area contributed by atoms with Crippen molar-refractivity contribution in [2.45, 2.75) is 45.6 Å². The molecule has 0 saturated carbocycles. The van der Waals surface area contributed by atoms with Crippen LogP contribution >= 0.6 is 0 Å². The summed E-state index contributed by atoms with van der Waals surface area (Å²) in [5.41, 5.74) is 0.868. The molecule has 5 nitrogen and oxygen atoms in total. The summed E-state index contributed by atoms with van der Waals surface area (Å²) in [6.45, 7) is 6.36. The van der Waals surface area contributed by atoms with Gasteiger partial charge in [0, 0.05) is 17.8 Å². The van der Waals surface area contributed by atoms with Crippen LogP contribution in [0.1, 0.15) is 38.3 Å². The van der Waals surface area contributed by atoms with Gasteiger partial charge in [0.25, 0.3) is 0 Å². The van der Waals surface area contributed by atoms with E-state index < -0.39 is 0 Å². The highest BCUT2D eigenvalue weighted by molar-refractivity contribution is 5.17. The van der Waals surface area contributed by atoms with E-state index >= 15 is 0 Å². The second kappa shape index (κ2) is 7.28. The number of nitrogens with one attached hydrogen (secondary N) is 1. The van der Waals surface area contributed by atoms with Gasteiger partial charge in [-0.2, -0.15) is 4.98 Å². The van der Waals surface area contributed by atoms with E-state index in [0.717, 1.165) is 25.1 Å². The predicted octanol–water partition coefficient (Wildman–Crippen LogP) is 2.09. The lowest BCUT2D eigenvalue weighted by molar-refractivity contribution is 0.218. The minimum atomic E-state index is 0.415. The molecule has 1 fully saturated rings. The van der Waals surface area contributed by atoms with Crippen molar-refractivity contribution in [1.29, 1.82) is 0 Å². The molecule has 1 aromatic heterocycles. The third-order valence-corrected chi connectivity index (χ3v) is 3.09. The van der Waals surface area contributed by atoms with Crippen LogP contribution < -0.4 is 14.8 Å². The molecule has 0 aliphatic carbocycles. The maximum Gasteiger partial charge on any atom is 0.319 e. The zero-order valence-electron chi connectivity index (χ0n) is 11.8. The van der Waals surface area contributed by atoms with Crippen molar-refractivity contribution in [3.63, 3.8) is 0 Å². The quantitative estimate of drug-likeness (QED) is 0.853. The van der Waals surface area contributed by atoms with Crippen LogP contribution in [-0.4, -0.2) is 35.8 Å². The fraction of sp³-hybridized carbons (Fsp3) is 0.714. The minimum Gasteiger partial charge on any atom is -0.478 e. The summed E-state index contributed by atoms with van der Waals surface area (Å²) in [6.07, 6.45) is 4.64. The van der Waals surface area contributed by atoms with E-state index in [0.29, 0.717) is 31.1 Å². The fourth-order valence-corrected chi connectivity index (χ4v) is 2.10. The van der Waals surface area contributed by atoms with Crippen LogP contribution in [0.15, 0.2) is 6.07 Å². The second-order valence-corrected chi connectivity index (χ2v) is 4.94. The van der Waals surface area contributed by atoms with Crippen molar-refractivity contribution in [2.24, 2.45) is 0 Å². The molecule has 1 aliphatic heterocycles. The van der Waals surface area contributed by atoms with Crippen LogP contribution in [0.3, 0.4) is 0 Å². The molecule has 1 aromatic rings. The van der Waals surface area contributed by atoms with Gasteiger partial charge < -0.3 is 14.8 Å². The third kappa shape index (κ3) is 4.67. The van der Waals surface area contributed by atoms with E-state index in [4.69, 9.17) is 9.47 Å². The van der Waals surface area contributed by atoms with Crippen molar-refractivity contribution < 1.29 is 9.47 Å². The van der Waals surface area contributed by atoms with E-state index in [9.17, 15) is 0 Å². The maximum absolute atomic E-state index is 5.68. The zero-order chi connectivity index (χ0) is 13.5. The number of piperidine rings is 1. The van der Waals surface area contributed by atoms with Gasteiger partial charge in [-0.25, -0.2) is 4.98 Å². The first-order chi connectivity index (χ1) is 9.28. The van der Waals surface area contributed by atoms with Gasteiger partial charge >= 0.3 is 6.01 Å². The smallest absolute Gasteiger partial charge is 0.319 e. The molecule has 0 spiro atoms. The van der Waals surface area contributed by atoms with Gasteiger partial charge in [0.1, 0.15) is 6.61 Å². The summed E-state index contributed by atoms with van der Waals surface area (Å²) >= 11 is 0. The van der Waals surface area contributed by atoms with Gasteiger partial charge in [0.15, 0.2) is 0 Å². The number of aryl methyl sites for hydroxylation is 1. The Labute approximate surface area is 114 Å². The number of aromatic nitrogens is 2. The molecule has 0 amide bonds. The highest BCUT2D eigenvalue weighted by atomic mass is 16.5. The van der Waals surface area contributed by atoms with Crippen molar-refractivity contribution in [1.82, 2.24) is 15.3 Å². The van der Waals surface area contributed by atoms with Gasteiger partial charge in [0.05, 0.1) is 6.61 Å². The summed E-state index contributed by atoms with van der Waals surface area (Å²) in [7, 11) is 0. The molecule has 106 valence electrons. The molecule has 1 aliphatic rings. The molecular formula is C14H23N3O2. The largest absolute Gasteiger partial charge is 0.478 e. The van der Waals surface area contributed by atoms with Crippen LogP contribution in [0, 0.1) is 6.92 Å². The molecular weight excluding hydrogens is 242 g/mol. The number of hydrogen-bond acceptors (Lipinski definition) is 5. The van der Waals surface area contributed by atoms with Crippen molar-refractivity contribution in [3.8, 4) is 11.9 Å². The zero-order valence-corrected chi connectivity index (χ0v) is 11.8. The molecule has 0 bridgehead atoms. The van der Waals surface area contributed by atoms with Crippen LogP contribution in [0.4, 0.5) is 0 Å². The Kier molecular flexibility index (Phi) is 5.39. The highest BCUT2D eigenvalue weighted by Crippen LogP contribution is 2.15. The first-order valence-electron chi connectivity index (χ1n) is 7.12. The fourth-order valence-electron chi connectivity index (χ4n) is 2.10. The average molecular weight is 265 g/mol. The molecule has 2 rings (SSSR count). The van der Waals surface area contributed by atoms with Crippen LogP contribution in [0.5, 0.6) is 11.9 Å². The summed E-state index contributed by atoms with van der Waals surface area (Å²) in [4.78, 5) is 8.56. The molecule has 1 saturated heterocycles. The minimum absolute atomic E-state index is 0.415. The van der Waals surface area contributed by atoms with E-state index in [1.165, 1.54) is 12.8 Å². The van der Waals surface area contributed by atoms with Gasteiger partial charge in [-0.1, -0.05) is 13.3 Å². The second-order valence-electron chi connectivity index (χ2n) is 4.94. The van der Waals surface area contributed by atoms with E-state index in [1.807, 2.05) is 13.0 Å². The highest BCUT2D eigenvalue weighted by Gasteiger charge is 2.14. The van der Waals surface area contributed by atoms with Gasteiger partial charge in [-0.15, -0.1) is 0 Å². The van der Waals surface area contributed by atoms with E-state index in [-0.39, 0.29) is 0 Å². The Morgan fingerprint density at radius 2 is 2.21 bits per heavy atom. The Balaban J connectivity index is 1.89. The third-order valence-electron chi connectivity index (χ3n) is 3.09. The van der Waals surface area contributed by atoms with Crippen molar-refractivity contribution in [3.05, 3.63) is 11.8 Å². The Morgan fingerprint density at radius 1 is 1.32 bits per heavy atom. The molecule has 5 heteroatoms. The van der Waals surface area contributed by atoms with Gasteiger partial charge in [0.2, 0.25) is 5.88 Å². The molecule has 1 unspecified atom stereocenters. The molecule has 19 heavy (non-hydrogen) atoms. The van der Waals surface area contributed by atoms with Crippen molar-refractivity contribution >= 4 is 0 Å². The standard InChI is InChI=1S/C14H23N3O2/c1-3-8-18-13-9-11(2)16-14(17-13)19-10-12-6-4-5-7-15-12/h9,12,15H,3-8,10H2,1-2H3. The predicted molar refractivity (Wildman–Crippen MR) is 73.7 cm³/mol. The van der Waals surface area contributed by atoms with Crippen LogP contribution in [-0.2, 0) is 0 Å². The molecule has 2 heterocycles. The first kappa shape index (κ1) is 14.1. The molecule has 1 N–H and O–H groups in total. The van der Waals surface area contributed by atoms with Crippen LogP contribution in [0.25, 0.3) is 0 Å². The molecule has 0 radical (unpaired) electrons. The number of ether oxygens (including phenoxy) is 2. The Hall–Kier alpha value is -1.36. The summed E-state index contributed by atoms with van der Waals surface area (Å²) < 4.78 is 11.2. The lowest BCUT2D eigenvalue weighted by Crippen LogP contribution is -2.38. The van der Waals surface area contributed by atoms with E-state index in [1.54, 1.807) is 0 Å². The summed E-state index contributed by atoms with van der Waals surface area (Å²) in [5, 5.41) is 3.44. The maximum atomic E-state index is 5.68. The molecule has 0 aromatic carbocycles. The van der Waals surface area contributed by atoms with E-state index in [2.05, 4.69) is 22.2 Å². The summed E-state index contributed by atoms with van der Waals surface area (Å²) in [6, 6.07) is 2.66. The monoisotopic (exact) mass is 265 g/mol. The lowest BCUT2D eigenvalue weighted by Gasteiger charge is -2.22. The molecule has 1 atom stereocenters. The normalized spacial score (nSPS) is 19.2. The Bertz CT molecular complexity index is 392. The lowest BCUT2D eigenvalue weighted by atomic mass is 10.1. The van der Waals surface area contributed by atoms with Gasteiger partial charge in [-0.05, 0) is 32.7 Å². The number of hydrogen-bond donors (Lipinski definition) is 1. The van der Waals surface area contributed by atoms with Crippen LogP contribution in [0.2, 0.25) is 0 Å². The summed E-state index contributed by atoms with van der Waals surface area (Å²) in [5.74, 6) is 0.598. The topological polar surface area (TPSA) is 56.3 Å². The Morgan fingerprint density at radius 3 is 2.95 bits per heavy atom.